The maximum Gasteiger partial charge on any atom is 0.339 e. The monoisotopic (exact) mass is 338 g/mol. The van der Waals surface area contributed by atoms with E-state index in [0.29, 0.717) is 48.6 Å². The number of rotatable bonds is 1. The van der Waals surface area contributed by atoms with Gasteiger partial charge >= 0.3 is 5.97 Å². The van der Waals surface area contributed by atoms with Gasteiger partial charge in [-0.2, -0.15) is 4.98 Å². The normalized spacial score (nSPS) is 18.6. The molecule has 1 N–H and O–H groups in total. The van der Waals surface area contributed by atoms with Crippen LogP contribution in [-0.4, -0.2) is 34.0 Å². The Morgan fingerprint density at radius 2 is 2.04 bits per heavy atom. The van der Waals surface area contributed by atoms with Crippen LogP contribution in [0.5, 0.6) is 0 Å². The fourth-order valence-electron chi connectivity index (χ4n) is 3.81. The molecule has 1 spiro atoms. The fourth-order valence-corrected chi connectivity index (χ4v) is 3.81. The van der Waals surface area contributed by atoms with E-state index in [2.05, 4.69) is 19.9 Å². The van der Waals surface area contributed by atoms with Crippen LogP contribution in [0.25, 0.3) is 11.2 Å². The first-order valence-corrected chi connectivity index (χ1v) is 8.24. The summed E-state index contributed by atoms with van der Waals surface area (Å²) in [5, 5.41) is 0. The number of pyridine rings is 1. The van der Waals surface area contributed by atoms with Gasteiger partial charge in [0.1, 0.15) is 11.4 Å². The predicted octanol–water partition coefficient (Wildman–Crippen LogP) is 2.76. The number of fused-ring (bicyclic) bond motifs is 3. The molecule has 5 rings (SSSR count). The molecule has 4 heterocycles. The minimum atomic E-state index is -0.541. The van der Waals surface area contributed by atoms with Crippen molar-refractivity contribution in [1.29, 1.82) is 0 Å². The van der Waals surface area contributed by atoms with Crippen molar-refractivity contribution in [2.75, 3.05) is 18.0 Å². The van der Waals surface area contributed by atoms with E-state index < -0.39 is 11.4 Å². The summed E-state index contributed by atoms with van der Waals surface area (Å²) in [6.45, 7) is 1.37. The summed E-state index contributed by atoms with van der Waals surface area (Å²) < 4.78 is 19.1. The first-order chi connectivity index (χ1) is 12.1. The Kier molecular flexibility index (Phi) is 2.89. The van der Waals surface area contributed by atoms with Crippen molar-refractivity contribution < 1.29 is 13.9 Å². The molecule has 6 nitrogen and oxygen atoms in total. The number of piperidine rings is 1. The number of nitrogens with zero attached hydrogens (tertiary/aromatic N) is 3. The number of aromatic amines is 1. The van der Waals surface area contributed by atoms with Gasteiger partial charge in [-0.3, -0.25) is 0 Å². The molecule has 1 fully saturated rings. The van der Waals surface area contributed by atoms with Crippen molar-refractivity contribution in [2.24, 2.45) is 0 Å². The summed E-state index contributed by atoms with van der Waals surface area (Å²) in [7, 11) is 0. The molecule has 0 aliphatic carbocycles. The fraction of sp³-hybridized carbons (Fsp3) is 0.278. The molecule has 2 aromatic heterocycles. The topological polar surface area (TPSA) is 71.1 Å². The first-order valence-electron chi connectivity index (χ1n) is 8.24. The number of ether oxygens (including phenoxy) is 1. The number of hydrogen-bond donors (Lipinski definition) is 1. The minimum Gasteiger partial charge on any atom is -0.450 e. The number of benzene rings is 1. The second kappa shape index (κ2) is 5.02. The van der Waals surface area contributed by atoms with Crippen LogP contribution in [0.2, 0.25) is 0 Å². The number of anilines is 1. The van der Waals surface area contributed by atoms with E-state index in [1.54, 1.807) is 0 Å². The Labute approximate surface area is 142 Å². The molecule has 0 saturated carbocycles. The van der Waals surface area contributed by atoms with Crippen molar-refractivity contribution in [3.05, 3.63) is 53.5 Å². The van der Waals surface area contributed by atoms with Crippen LogP contribution in [0, 0.1) is 5.82 Å². The van der Waals surface area contributed by atoms with E-state index in [1.807, 2.05) is 24.3 Å². The average Bonchev–Trinajstić information content (AvgIpc) is 3.16. The third-order valence-corrected chi connectivity index (χ3v) is 5.09. The maximum atomic E-state index is 13.3. The van der Waals surface area contributed by atoms with Crippen molar-refractivity contribution >= 4 is 23.1 Å². The van der Waals surface area contributed by atoms with Crippen LogP contribution in [0.1, 0.15) is 28.8 Å². The minimum absolute atomic E-state index is 0.243. The van der Waals surface area contributed by atoms with Crippen molar-refractivity contribution in [1.82, 2.24) is 15.0 Å². The summed E-state index contributed by atoms with van der Waals surface area (Å²) in [4.78, 5) is 25.8. The molecule has 0 radical (unpaired) electrons. The summed E-state index contributed by atoms with van der Waals surface area (Å²) in [5.74, 6) is 0.0304. The Hall–Kier alpha value is -2.96. The molecule has 0 amide bonds. The van der Waals surface area contributed by atoms with Gasteiger partial charge in [0.05, 0.1) is 17.3 Å². The lowest BCUT2D eigenvalue weighted by Gasteiger charge is -2.38. The van der Waals surface area contributed by atoms with E-state index in [4.69, 9.17) is 4.74 Å². The lowest BCUT2D eigenvalue weighted by molar-refractivity contribution is -0.0211. The largest absolute Gasteiger partial charge is 0.450 e. The third-order valence-electron chi connectivity index (χ3n) is 5.09. The number of carbonyl (C=O) groups is 1. The van der Waals surface area contributed by atoms with Crippen LogP contribution < -0.4 is 4.90 Å². The molecule has 0 bridgehead atoms. The van der Waals surface area contributed by atoms with E-state index in [-0.39, 0.29) is 5.97 Å². The highest BCUT2D eigenvalue weighted by Gasteiger charge is 2.47. The number of carbonyl (C=O) groups excluding carboxylic acids is 1. The van der Waals surface area contributed by atoms with Gasteiger partial charge in [0, 0.05) is 37.6 Å². The number of imidazole rings is 1. The zero-order valence-electron chi connectivity index (χ0n) is 13.3. The van der Waals surface area contributed by atoms with Gasteiger partial charge in [-0.1, -0.05) is 18.2 Å². The van der Waals surface area contributed by atoms with Gasteiger partial charge in [-0.15, -0.1) is 0 Å². The third kappa shape index (κ3) is 2.12. The number of hydrogen-bond acceptors (Lipinski definition) is 5. The Morgan fingerprint density at radius 1 is 1.24 bits per heavy atom. The van der Waals surface area contributed by atoms with Gasteiger partial charge in [-0.25, -0.2) is 14.2 Å². The average molecular weight is 338 g/mol. The van der Waals surface area contributed by atoms with E-state index in [9.17, 15) is 9.18 Å². The van der Waals surface area contributed by atoms with Crippen molar-refractivity contribution in [2.45, 2.75) is 18.4 Å². The number of aromatic nitrogens is 3. The Morgan fingerprint density at radius 3 is 2.88 bits per heavy atom. The van der Waals surface area contributed by atoms with E-state index in [0.717, 1.165) is 11.8 Å². The molecular weight excluding hydrogens is 323 g/mol. The highest BCUT2D eigenvalue weighted by atomic mass is 19.1. The molecule has 0 atom stereocenters. The molecule has 3 aromatic rings. The molecule has 1 saturated heterocycles. The molecule has 1 aromatic carbocycles. The lowest BCUT2D eigenvalue weighted by Crippen LogP contribution is -2.43. The molecule has 2 aliphatic heterocycles. The van der Waals surface area contributed by atoms with Crippen LogP contribution in [0.4, 0.5) is 10.3 Å². The second-order valence-electron chi connectivity index (χ2n) is 6.50. The standard InChI is InChI=1S/C18H15FN4O2/c19-11-9-14-15(20-10-11)22-17(21-14)23-7-5-18(6-8-23)13-4-2-1-3-12(13)16(24)25-18/h1-4,9-10H,5-8H2,(H,20,21,22). The maximum absolute atomic E-state index is 13.3. The van der Waals surface area contributed by atoms with Gasteiger partial charge in [0.2, 0.25) is 5.95 Å². The van der Waals surface area contributed by atoms with Crippen LogP contribution in [0.3, 0.4) is 0 Å². The summed E-state index contributed by atoms with van der Waals surface area (Å²) in [6.07, 6.45) is 2.54. The highest BCUT2D eigenvalue weighted by molar-refractivity contribution is 5.94. The summed E-state index contributed by atoms with van der Waals surface area (Å²) in [6, 6.07) is 8.98. The molecular formula is C18H15FN4O2. The Bertz CT molecular complexity index is 992. The van der Waals surface area contributed by atoms with Crippen LogP contribution in [0.15, 0.2) is 36.5 Å². The quantitative estimate of drug-likeness (QED) is 0.691. The predicted molar refractivity (Wildman–Crippen MR) is 88.8 cm³/mol. The van der Waals surface area contributed by atoms with Gasteiger partial charge in [-0.05, 0) is 6.07 Å². The summed E-state index contributed by atoms with van der Waals surface area (Å²) in [5.41, 5.74) is 2.18. The summed E-state index contributed by atoms with van der Waals surface area (Å²) >= 11 is 0. The molecule has 0 unspecified atom stereocenters. The lowest BCUT2D eigenvalue weighted by atomic mass is 9.84. The SMILES string of the molecule is O=C1OC2(CCN(c3nc4ncc(F)cc4[nH]3)CC2)c2ccccc21. The molecule has 2 aliphatic rings. The number of halogens is 1. The highest BCUT2D eigenvalue weighted by Crippen LogP contribution is 2.44. The van der Waals surface area contributed by atoms with Gasteiger partial charge in [0.15, 0.2) is 5.65 Å². The molecule has 126 valence electrons. The van der Waals surface area contributed by atoms with E-state index >= 15 is 0 Å². The zero-order valence-corrected chi connectivity index (χ0v) is 13.3. The second-order valence-corrected chi connectivity index (χ2v) is 6.50. The van der Waals surface area contributed by atoms with Crippen LogP contribution >= 0.6 is 0 Å². The van der Waals surface area contributed by atoms with Crippen LogP contribution in [-0.2, 0) is 10.3 Å². The van der Waals surface area contributed by atoms with E-state index in [1.165, 1.54) is 6.07 Å². The van der Waals surface area contributed by atoms with Crippen molar-refractivity contribution in [3.63, 3.8) is 0 Å². The number of nitrogens with one attached hydrogen (secondary N) is 1. The molecule has 7 heteroatoms. The number of esters is 1. The number of H-pyrrole nitrogens is 1. The first kappa shape index (κ1) is 14.4. The smallest absolute Gasteiger partial charge is 0.339 e. The molecule has 25 heavy (non-hydrogen) atoms. The zero-order chi connectivity index (χ0) is 17.0. The van der Waals surface area contributed by atoms with Gasteiger partial charge in [0.25, 0.3) is 0 Å². The van der Waals surface area contributed by atoms with Gasteiger partial charge < -0.3 is 14.6 Å². The Balaban J connectivity index is 1.42. The van der Waals surface area contributed by atoms with Crippen molar-refractivity contribution in [3.8, 4) is 0 Å².